The lowest BCUT2D eigenvalue weighted by Gasteiger charge is -2.27. The molecule has 0 aromatic rings. The predicted molar refractivity (Wildman–Crippen MR) is 75.4 cm³/mol. The van der Waals surface area contributed by atoms with Gasteiger partial charge in [-0.1, -0.05) is 0 Å². The second-order valence-corrected chi connectivity index (χ2v) is 5.90. The van der Waals surface area contributed by atoms with E-state index in [1.54, 1.807) is 11.8 Å². The van der Waals surface area contributed by atoms with Crippen LogP contribution in [0.15, 0.2) is 0 Å². The number of nitrogens with zero attached hydrogens (tertiary/aromatic N) is 1. The van der Waals surface area contributed by atoms with Crippen molar-refractivity contribution in [2.24, 2.45) is 0 Å². The van der Waals surface area contributed by atoms with Gasteiger partial charge in [-0.3, -0.25) is 9.59 Å². The van der Waals surface area contributed by atoms with Crippen molar-refractivity contribution in [2.45, 2.75) is 12.5 Å². The first kappa shape index (κ1) is 17.2. The Balaban J connectivity index is 2.22. The van der Waals surface area contributed by atoms with Gasteiger partial charge in [-0.05, 0) is 6.92 Å². The predicted octanol–water partition coefficient (Wildman–Crippen LogP) is -1.56. The van der Waals surface area contributed by atoms with Crippen molar-refractivity contribution < 1.29 is 24.5 Å². The molecule has 0 aliphatic carbocycles. The minimum Gasteiger partial charge on any atom is -0.394 e. The Kier molecular flexibility index (Phi) is 7.28. The average Bonchev–Trinajstić information content (AvgIpc) is 2.47. The topological polar surface area (TPSA) is 99.1 Å². The summed E-state index contributed by atoms with van der Waals surface area (Å²) in [5.74, 6) is 0.0437. The minimum atomic E-state index is -1.02. The van der Waals surface area contributed by atoms with Crippen LogP contribution in [0.25, 0.3) is 0 Å². The number of thioether (sulfide) groups is 1. The molecule has 0 aromatic heterocycles. The molecule has 1 heterocycles. The molecule has 1 aliphatic heterocycles. The number of hydrogen-bond acceptors (Lipinski definition) is 6. The molecular formula is C12H22N2O5S. The van der Waals surface area contributed by atoms with Crippen LogP contribution in [0.1, 0.15) is 6.92 Å². The van der Waals surface area contributed by atoms with E-state index in [4.69, 9.17) is 14.9 Å². The summed E-state index contributed by atoms with van der Waals surface area (Å²) in [6, 6.07) is 0. The monoisotopic (exact) mass is 306 g/mol. The molecule has 2 amide bonds. The van der Waals surface area contributed by atoms with Crippen molar-refractivity contribution >= 4 is 23.6 Å². The lowest BCUT2D eigenvalue weighted by molar-refractivity contribution is -0.132. The van der Waals surface area contributed by atoms with Crippen LogP contribution >= 0.6 is 11.8 Å². The number of nitrogens with one attached hydrogen (secondary N) is 1. The van der Waals surface area contributed by atoms with E-state index in [1.165, 1.54) is 11.8 Å². The van der Waals surface area contributed by atoms with Crippen molar-refractivity contribution in [1.29, 1.82) is 0 Å². The zero-order valence-electron chi connectivity index (χ0n) is 11.6. The summed E-state index contributed by atoms with van der Waals surface area (Å²) in [5, 5.41) is 20.7. The van der Waals surface area contributed by atoms with Crippen molar-refractivity contribution in [3.8, 4) is 0 Å². The van der Waals surface area contributed by atoms with Crippen LogP contribution in [0.4, 0.5) is 0 Å². The Morgan fingerprint density at radius 3 is 2.40 bits per heavy atom. The first-order valence-corrected chi connectivity index (χ1v) is 7.62. The molecule has 0 unspecified atom stereocenters. The summed E-state index contributed by atoms with van der Waals surface area (Å²) in [6.45, 7) is 3.18. The van der Waals surface area contributed by atoms with Crippen molar-refractivity contribution in [2.75, 3.05) is 51.0 Å². The fourth-order valence-corrected chi connectivity index (χ4v) is 2.35. The molecule has 0 aromatic carbocycles. The van der Waals surface area contributed by atoms with Gasteiger partial charge in [0.05, 0.1) is 43.5 Å². The highest BCUT2D eigenvalue weighted by molar-refractivity contribution is 8.00. The lowest BCUT2D eigenvalue weighted by Crippen LogP contribution is -2.52. The molecule has 0 spiro atoms. The number of ether oxygens (including phenoxy) is 1. The van der Waals surface area contributed by atoms with Crippen molar-refractivity contribution in [1.82, 2.24) is 10.2 Å². The third kappa shape index (κ3) is 5.66. The summed E-state index contributed by atoms with van der Waals surface area (Å²) in [4.78, 5) is 25.2. The zero-order valence-corrected chi connectivity index (χ0v) is 12.4. The van der Waals surface area contributed by atoms with E-state index in [2.05, 4.69) is 5.32 Å². The van der Waals surface area contributed by atoms with Gasteiger partial charge in [-0.25, -0.2) is 0 Å². The maximum Gasteiger partial charge on any atom is 0.232 e. The van der Waals surface area contributed by atoms with Crippen LogP contribution in [0, 0.1) is 0 Å². The summed E-state index contributed by atoms with van der Waals surface area (Å²) in [7, 11) is 0. The van der Waals surface area contributed by atoms with Gasteiger partial charge >= 0.3 is 0 Å². The Morgan fingerprint density at radius 2 is 1.85 bits per heavy atom. The molecule has 0 atom stereocenters. The van der Waals surface area contributed by atoms with Gasteiger partial charge in [0.25, 0.3) is 0 Å². The van der Waals surface area contributed by atoms with Crippen LogP contribution < -0.4 is 5.32 Å². The molecule has 0 bridgehead atoms. The van der Waals surface area contributed by atoms with Gasteiger partial charge in [0.2, 0.25) is 11.8 Å². The number of aliphatic hydroxyl groups is 2. The third-order valence-corrected chi connectivity index (χ3v) is 3.88. The second-order valence-electron chi connectivity index (χ2n) is 4.91. The molecule has 0 radical (unpaired) electrons. The van der Waals surface area contributed by atoms with Gasteiger partial charge in [0, 0.05) is 13.1 Å². The van der Waals surface area contributed by atoms with Gasteiger partial charge < -0.3 is 25.2 Å². The first-order valence-electron chi connectivity index (χ1n) is 6.47. The Bertz CT molecular complexity index is 330. The van der Waals surface area contributed by atoms with E-state index in [1.807, 2.05) is 0 Å². The Hall–Kier alpha value is -0.830. The smallest absolute Gasteiger partial charge is 0.232 e. The van der Waals surface area contributed by atoms with E-state index < -0.39 is 5.54 Å². The fraction of sp³-hybridized carbons (Fsp3) is 0.833. The molecule has 116 valence electrons. The molecule has 1 saturated heterocycles. The van der Waals surface area contributed by atoms with Crippen LogP contribution in [-0.2, 0) is 14.3 Å². The number of morpholine rings is 1. The molecule has 20 heavy (non-hydrogen) atoms. The van der Waals surface area contributed by atoms with Crippen LogP contribution in [0.2, 0.25) is 0 Å². The van der Waals surface area contributed by atoms with Gasteiger partial charge in [0.15, 0.2) is 0 Å². The molecule has 7 nitrogen and oxygen atoms in total. The molecule has 8 heteroatoms. The number of aliphatic hydroxyl groups excluding tert-OH is 2. The Morgan fingerprint density at radius 1 is 1.25 bits per heavy atom. The van der Waals surface area contributed by atoms with Crippen LogP contribution in [-0.4, -0.2) is 83.5 Å². The summed E-state index contributed by atoms with van der Waals surface area (Å²) < 4.78 is 5.16. The molecule has 1 rings (SSSR count). The standard InChI is InChI=1S/C12H22N2O5S/c1-12(8-15,9-16)13-10(17)6-20-7-11(18)14-2-4-19-5-3-14/h15-16H,2-9H2,1H3,(H,13,17). The maximum atomic E-state index is 11.8. The second kappa shape index (κ2) is 8.46. The SMILES string of the molecule is CC(CO)(CO)NC(=O)CSCC(=O)N1CCOCC1. The number of carbonyl (C=O) groups is 2. The van der Waals surface area contributed by atoms with Gasteiger partial charge in [-0.2, -0.15) is 0 Å². The lowest BCUT2D eigenvalue weighted by atomic mass is 10.1. The maximum absolute atomic E-state index is 11.8. The Labute approximate surface area is 122 Å². The van der Waals surface area contributed by atoms with Gasteiger partial charge in [0.1, 0.15) is 0 Å². The number of carbonyl (C=O) groups excluding carboxylic acids is 2. The molecule has 1 fully saturated rings. The first-order chi connectivity index (χ1) is 9.50. The van der Waals surface area contributed by atoms with Gasteiger partial charge in [-0.15, -0.1) is 11.8 Å². The van der Waals surface area contributed by atoms with E-state index in [0.717, 1.165) is 0 Å². The van der Waals surface area contributed by atoms with E-state index >= 15 is 0 Å². The highest BCUT2D eigenvalue weighted by Gasteiger charge is 2.24. The zero-order chi connectivity index (χ0) is 15.0. The van der Waals surface area contributed by atoms with Crippen molar-refractivity contribution in [3.05, 3.63) is 0 Å². The number of hydrogen-bond donors (Lipinski definition) is 3. The summed E-state index contributed by atoms with van der Waals surface area (Å²) in [5.41, 5.74) is -1.02. The highest BCUT2D eigenvalue weighted by atomic mass is 32.2. The van der Waals surface area contributed by atoms with Crippen molar-refractivity contribution in [3.63, 3.8) is 0 Å². The molecule has 0 saturated carbocycles. The number of rotatable bonds is 7. The quantitative estimate of drug-likeness (QED) is 0.526. The normalized spacial score (nSPS) is 16.1. The largest absolute Gasteiger partial charge is 0.394 e. The highest BCUT2D eigenvalue weighted by Crippen LogP contribution is 2.07. The molecule has 1 aliphatic rings. The molecule has 3 N–H and O–H groups in total. The van der Waals surface area contributed by atoms with E-state index in [0.29, 0.717) is 26.3 Å². The number of amides is 2. The minimum absolute atomic E-state index is 0.00169. The van der Waals surface area contributed by atoms with Crippen LogP contribution in [0.5, 0.6) is 0 Å². The fourth-order valence-electron chi connectivity index (χ4n) is 1.64. The summed E-state index contributed by atoms with van der Waals surface area (Å²) >= 11 is 1.22. The third-order valence-electron chi connectivity index (χ3n) is 2.96. The summed E-state index contributed by atoms with van der Waals surface area (Å²) in [6.07, 6.45) is 0. The average molecular weight is 306 g/mol. The van der Waals surface area contributed by atoms with Crippen LogP contribution in [0.3, 0.4) is 0 Å². The van der Waals surface area contributed by atoms with E-state index in [9.17, 15) is 9.59 Å². The van der Waals surface area contributed by atoms with E-state index in [-0.39, 0.29) is 36.5 Å². The molecular weight excluding hydrogens is 284 g/mol.